The third kappa shape index (κ3) is 2.60. The van der Waals surface area contributed by atoms with Crippen molar-refractivity contribution in [3.8, 4) is 11.5 Å². The number of aromatic hydroxyl groups is 2. The molecule has 0 aliphatic carbocycles. The number of nitrogens with zero attached hydrogens (tertiary/aromatic N) is 1. The average molecular weight is 211 g/mol. The fraction of sp³-hybridized carbons (Fsp3) is 0.111. The van der Waals surface area contributed by atoms with E-state index in [0.717, 1.165) is 6.07 Å². The van der Waals surface area contributed by atoms with Crippen LogP contribution in [0, 0.1) is 0 Å². The fourth-order valence-electron chi connectivity index (χ4n) is 1.04. The van der Waals surface area contributed by atoms with E-state index >= 15 is 0 Å². The number of oxime groups is 1. The van der Waals surface area contributed by atoms with E-state index in [4.69, 9.17) is 20.5 Å². The molecular formula is C9H9NO5. The molecule has 0 saturated carbocycles. The normalized spacial score (nSPS) is 11.3. The predicted molar refractivity (Wildman–Crippen MR) is 50.3 cm³/mol. The SMILES string of the molecule is O=C(O)C/C(=N/O)c1ccc(O)c(O)c1. The Balaban J connectivity index is 3.03. The molecular weight excluding hydrogens is 202 g/mol. The summed E-state index contributed by atoms with van der Waals surface area (Å²) < 4.78 is 0. The molecule has 1 rings (SSSR count). The van der Waals surface area contributed by atoms with Gasteiger partial charge in [-0.25, -0.2) is 0 Å². The van der Waals surface area contributed by atoms with Crippen LogP contribution in [0.5, 0.6) is 11.5 Å². The van der Waals surface area contributed by atoms with Gasteiger partial charge in [0.25, 0.3) is 0 Å². The summed E-state index contributed by atoms with van der Waals surface area (Å²) in [6.45, 7) is 0. The van der Waals surface area contributed by atoms with Crippen LogP contribution in [0.4, 0.5) is 0 Å². The van der Waals surface area contributed by atoms with Gasteiger partial charge in [0.05, 0.1) is 12.1 Å². The van der Waals surface area contributed by atoms with Gasteiger partial charge in [0.2, 0.25) is 0 Å². The van der Waals surface area contributed by atoms with Crippen LogP contribution in [-0.4, -0.2) is 32.2 Å². The molecule has 0 spiro atoms. The average Bonchev–Trinajstić information content (AvgIpc) is 2.18. The van der Waals surface area contributed by atoms with Gasteiger partial charge in [0.1, 0.15) is 0 Å². The van der Waals surface area contributed by atoms with Gasteiger partial charge in [-0.05, 0) is 18.2 Å². The van der Waals surface area contributed by atoms with Crippen LogP contribution in [0.1, 0.15) is 12.0 Å². The first-order valence-electron chi connectivity index (χ1n) is 3.99. The molecule has 0 radical (unpaired) electrons. The summed E-state index contributed by atoms with van der Waals surface area (Å²) in [5.74, 6) is -1.89. The van der Waals surface area contributed by atoms with Crippen molar-refractivity contribution < 1.29 is 25.3 Å². The third-order valence-electron chi connectivity index (χ3n) is 1.75. The molecule has 0 atom stereocenters. The summed E-state index contributed by atoms with van der Waals surface area (Å²) in [7, 11) is 0. The molecule has 0 saturated heterocycles. The first-order valence-corrected chi connectivity index (χ1v) is 3.99. The van der Waals surface area contributed by atoms with Crippen molar-refractivity contribution in [2.45, 2.75) is 6.42 Å². The van der Waals surface area contributed by atoms with Gasteiger partial charge in [-0.1, -0.05) is 5.16 Å². The second-order valence-electron chi connectivity index (χ2n) is 2.82. The lowest BCUT2D eigenvalue weighted by atomic mass is 10.1. The van der Waals surface area contributed by atoms with Crippen LogP contribution in [-0.2, 0) is 4.79 Å². The molecule has 0 aromatic heterocycles. The second kappa shape index (κ2) is 4.32. The standard InChI is InChI=1S/C9H9NO5/c11-7-2-1-5(3-8(7)12)6(10-15)4-9(13)14/h1-3,11-12,15H,4H2,(H,13,14)/b10-6-. The predicted octanol–water partition coefficient (Wildman–Crippen LogP) is 0.751. The number of benzene rings is 1. The van der Waals surface area contributed by atoms with E-state index in [-0.39, 0.29) is 17.0 Å². The van der Waals surface area contributed by atoms with E-state index in [1.54, 1.807) is 0 Å². The number of aliphatic carboxylic acids is 1. The zero-order valence-corrected chi connectivity index (χ0v) is 7.58. The number of carboxylic acids is 1. The van der Waals surface area contributed by atoms with E-state index in [2.05, 4.69) is 5.16 Å². The molecule has 0 bridgehead atoms. The molecule has 1 aromatic carbocycles. The van der Waals surface area contributed by atoms with E-state index in [1.807, 2.05) is 0 Å². The molecule has 6 heteroatoms. The van der Waals surface area contributed by atoms with Crippen molar-refractivity contribution in [3.05, 3.63) is 23.8 Å². The Labute approximate surface area is 84.7 Å². The van der Waals surface area contributed by atoms with Crippen molar-refractivity contribution in [1.82, 2.24) is 0 Å². The van der Waals surface area contributed by atoms with Gasteiger partial charge in [0, 0.05) is 5.56 Å². The maximum atomic E-state index is 10.4. The number of hydrogen-bond donors (Lipinski definition) is 4. The van der Waals surface area contributed by atoms with Gasteiger partial charge in [-0.15, -0.1) is 0 Å². The molecule has 15 heavy (non-hydrogen) atoms. The summed E-state index contributed by atoms with van der Waals surface area (Å²) in [6, 6.07) is 3.64. The number of phenols is 2. The topological polar surface area (TPSA) is 110 Å². The van der Waals surface area contributed by atoms with E-state index < -0.39 is 18.1 Å². The lowest BCUT2D eigenvalue weighted by Gasteiger charge is -2.03. The smallest absolute Gasteiger partial charge is 0.309 e. The summed E-state index contributed by atoms with van der Waals surface area (Å²) in [6.07, 6.45) is -0.472. The lowest BCUT2D eigenvalue weighted by molar-refractivity contribution is -0.135. The van der Waals surface area contributed by atoms with Crippen LogP contribution in [0.3, 0.4) is 0 Å². The second-order valence-corrected chi connectivity index (χ2v) is 2.82. The van der Waals surface area contributed by atoms with Crippen molar-refractivity contribution >= 4 is 11.7 Å². The summed E-state index contributed by atoms with van der Waals surface area (Å²) in [4.78, 5) is 10.4. The van der Waals surface area contributed by atoms with Gasteiger partial charge in [-0.3, -0.25) is 4.79 Å². The molecule has 0 unspecified atom stereocenters. The number of rotatable bonds is 3. The van der Waals surface area contributed by atoms with Crippen LogP contribution in [0.25, 0.3) is 0 Å². The van der Waals surface area contributed by atoms with Gasteiger partial charge < -0.3 is 20.5 Å². The Kier molecular flexibility index (Phi) is 3.12. The molecule has 6 nitrogen and oxygen atoms in total. The van der Waals surface area contributed by atoms with Gasteiger partial charge in [-0.2, -0.15) is 0 Å². The van der Waals surface area contributed by atoms with Gasteiger partial charge in [0.15, 0.2) is 11.5 Å². The number of carbonyl (C=O) groups is 1. The maximum absolute atomic E-state index is 10.4. The molecule has 0 heterocycles. The minimum atomic E-state index is -1.16. The summed E-state index contributed by atoms with van der Waals surface area (Å²) in [5.41, 5.74) is 0.132. The fourth-order valence-corrected chi connectivity index (χ4v) is 1.04. The molecule has 0 fully saturated rings. The van der Waals surface area contributed by atoms with E-state index in [9.17, 15) is 4.79 Å². The summed E-state index contributed by atoms with van der Waals surface area (Å²) >= 11 is 0. The molecule has 80 valence electrons. The molecule has 1 aromatic rings. The minimum Gasteiger partial charge on any atom is -0.504 e. The van der Waals surface area contributed by atoms with Crippen molar-refractivity contribution in [2.75, 3.05) is 0 Å². The highest BCUT2D eigenvalue weighted by Crippen LogP contribution is 2.25. The zero-order chi connectivity index (χ0) is 11.4. The zero-order valence-electron chi connectivity index (χ0n) is 7.58. The molecule has 0 aliphatic heterocycles. The lowest BCUT2D eigenvalue weighted by Crippen LogP contribution is -2.08. The first kappa shape index (κ1) is 10.8. The number of phenolic OH excluding ortho intramolecular Hbond substituents is 2. The third-order valence-corrected chi connectivity index (χ3v) is 1.75. The van der Waals surface area contributed by atoms with Crippen LogP contribution in [0.15, 0.2) is 23.4 Å². The van der Waals surface area contributed by atoms with Crippen LogP contribution in [0.2, 0.25) is 0 Å². The maximum Gasteiger partial charge on any atom is 0.309 e. The Morgan fingerprint density at radius 1 is 1.27 bits per heavy atom. The molecule has 0 aliphatic rings. The quantitative estimate of drug-likeness (QED) is 0.255. The number of carboxylic acid groups (broad SMARTS) is 1. The van der Waals surface area contributed by atoms with Crippen LogP contribution >= 0.6 is 0 Å². The van der Waals surface area contributed by atoms with Gasteiger partial charge >= 0.3 is 5.97 Å². The highest BCUT2D eigenvalue weighted by Gasteiger charge is 2.11. The molecule has 0 amide bonds. The van der Waals surface area contributed by atoms with Crippen LogP contribution < -0.4 is 0 Å². The highest BCUT2D eigenvalue weighted by atomic mass is 16.4. The Bertz CT molecular complexity index is 413. The van der Waals surface area contributed by atoms with Crippen molar-refractivity contribution in [2.24, 2.45) is 5.16 Å². The van der Waals surface area contributed by atoms with E-state index in [0.29, 0.717) is 0 Å². The highest BCUT2D eigenvalue weighted by molar-refractivity contribution is 6.08. The van der Waals surface area contributed by atoms with E-state index in [1.165, 1.54) is 12.1 Å². The Hall–Kier alpha value is -2.24. The van der Waals surface area contributed by atoms with Crippen molar-refractivity contribution in [1.29, 1.82) is 0 Å². The Morgan fingerprint density at radius 3 is 2.40 bits per heavy atom. The largest absolute Gasteiger partial charge is 0.504 e. The molecule has 4 N–H and O–H groups in total. The monoisotopic (exact) mass is 211 g/mol. The number of hydrogen-bond acceptors (Lipinski definition) is 5. The first-order chi connectivity index (χ1) is 7.04. The van der Waals surface area contributed by atoms with Crippen molar-refractivity contribution in [3.63, 3.8) is 0 Å². The Morgan fingerprint density at radius 2 is 1.93 bits per heavy atom. The minimum absolute atomic E-state index is 0.0993. The summed E-state index contributed by atoms with van der Waals surface area (Å²) in [5, 5.41) is 38.0.